The van der Waals surface area contributed by atoms with Crippen LogP contribution in [-0.4, -0.2) is 35.4 Å². The number of carbonyl (C=O) groups is 3. The lowest BCUT2D eigenvalue weighted by Crippen LogP contribution is -2.51. The van der Waals surface area contributed by atoms with Gasteiger partial charge in [0.2, 0.25) is 5.91 Å². The van der Waals surface area contributed by atoms with Crippen molar-refractivity contribution in [3.05, 3.63) is 41.5 Å². The summed E-state index contributed by atoms with van der Waals surface area (Å²) in [6, 6.07) is 6.94. The summed E-state index contributed by atoms with van der Waals surface area (Å²) in [6.45, 7) is 5.22. The first-order valence-electron chi connectivity index (χ1n) is 14.2. The fourth-order valence-corrected chi connectivity index (χ4v) is 8.24. The van der Waals surface area contributed by atoms with E-state index in [1.807, 2.05) is 18.2 Å². The lowest BCUT2D eigenvalue weighted by molar-refractivity contribution is -0.160. The van der Waals surface area contributed by atoms with Gasteiger partial charge in [0.25, 0.3) is 0 Å². The Bertz CT molecular complexity index is 1080. The van der Waals surface area contributed by atoms with Crippen LogP contribution in [0.2, 0.25) is 0 Å². The molecule has 4 aliphatic rings. The summed E-state index contributed by atoms with van der Waals surface area (Å²) in [5.74, 6) is 1.93. The van der Waals surface area contributed by atoms with Gasteiger partial charge < -0.3 is 15.2 Å². The molecule has 6 nitrogen and oxygen atoms in total. The van der Waals surface area contributed by atoms with E-state index in [0.29, 0.717) is 42.9 Å². The van der Waals surface area contributed by atoms with E-state index in [0.717, 1.165) is 50.5 Å². The largest absolute Gasteiger partial charge is 0.508 e. The third-order valence-electron chi connectivity index (χ3n) is 10.4. The van der Waals surface area contributed by atoms with Crippen LogP contribution in [0.1, 0.15) is 83.6 Å². The fraction of sp³-hybridized carbons (Fsp3) is 0.645. The molecule has 0 saturated heterocycles. The number of ketones is 1. The van der Waals surface area contributed by atoms with Crippen LogP contribution in [0.3, 0.4) is 0 Å². The first kappa shape index (κ1) is 26.0. The number of phenols is 1. The van der Waals surface area contributed by atoms with Crippen LogP contribution in [0.15, 0.2) is 35.9 Å². The highest BCUT2D eigenvalue weighted by Crippen LogP contribution is 2.65. The predicted molar refractivity (Wildman–Crippen MR) is 141 cm³/mol. The quantitative estimate of drug-likeness (QED) is 0.490. The standard InChI is InChI=1S/C31H41NO5/c1-30-16-13-23(34)19-21(30)5-8-24-25-9-10-27(31(25,2)17-14-26(24)30)37-29(36)12-11-28(35)32-18-15-20-3-6-22(33)7-4-20/h3-4,6-7,19,24-27,33H,5,8-18H2,1-2H3,(H,32,35)/t24-,25-,26-,27?,30-,31-/m0/s1. The van der Waals surface area contributed by atoms with Crippen LogP contribution in [-0.2, 0) is 25.5 Å². The molecule has 0 bridgehead atoms. The molecule has 6 atom stereocenters. The zero-order valence-electron chi connectivity index (χ0n) is 22.3. The third-order valence-corrected chi connectivity index (χ3v) is 10.4. The van der Waals surface area contributed by atoms with E-state index in [9.17, 15) is 19.5 Å². The van der Waals surface area contributed by atoms with Gasteiger partial charge in [0.05, 0.1) is 6.42 Å². The molecule has 3 fully saturated rings. The topological polar surface area (TPSA) is 92.7 Å². The van der Waals surface area contributed by atoms with Crippen molar-refractivity contribution in [1.82, 2.24) is 5.32 Å². The van der Waals surface area contributed by atoms with E-state index in [1.54, 1.807) is 12.1 Å². The number of aromatic hydroxyl groups is 1. The Balaban J connectivity index is 1.11. The van der Waals surface area contributed by atoms with Crippen molar-refractivity contribution in [3.63, 3.8) is 0 Å². The van der Waals surface area contributed by atoms with Gasteiger partial charge in [0, 0.05) is 24.8 Å². The maximum Gasteiger partial charge on any atom is 0.306 e. The van der Waals surface area contributed by atoms with E-state index in [-0.39, 0.29) is 47.4 Å². The van der Waals surface area contributed by atoms with Gasteiger partial charge in [-0.3, -0.25) is 14.4 Å². The van der Waals surface area contributed by atoms with E-state index in [1.165, 1.54) is 5.57 Å². The molecule has 37 heavy (non-hydrogen) atoms. The van der Waals surface area contributed by atoms with E-state index in [4.69, 9.17) is 4.74 Å². The average molecular weight is 508 g/mol. The zero-order chi connectivity index (χ0) is 26.2. The molecular formula is C31H41NO5. The molecule has 0 heterocycles. The number of benzene rings is 1. The van der Waals surface area contributed by atoms with Gasteiger partial charge in [-0.05, 0) is 98.3 Å². The molecule has 3 saturated carbocycles. The normalized spacial score (nSPS) is 34.5. The molecule has 5 rings (SSSR count). The van der Waals surface area contributed by atoms with Crippen LogP contribution in [0.5, 0.6) is 5.75 Å². The number of hydrogen-bond donors (Lipinski definition) is 2. The van der Waals surface area contributed by atoms with Crippen LogP contribution in [0.25, 0.3) is 0 Å². The number of amides is 1. The van der Waals surface area contributed by atoms with Crippen molar-refractivity contribution in [3.8, 4) is 5.75 Å². The summed E-state index contributed by atoms with van der Waals surface area (Å²) in [5.41, 5.74) is 2.58. The Hall–Kier alpha value is -2.63. The third kappa shape index (κ3) is 5.08. The average Bonchev–Trinajstić information content (AvgIpc) is 3.20. The van der Waals surface area contributed by atoms with Crippen molar-refractivity contribution in [2.45, 2.75) is 90.6 Å². The number of allylic oxidation sites excluding steroid dienone is 1. The Morgan fingerprint density at radius 3 is 2.57 bits per heavy atom. The molecule has 1 aromatic rings. The van der Waals surface area contributed by atoms with Gasteiger partial charge in [0.15, 0.2) is 5.78 Å². The molecule has 200 valence electrons. The maximum absolute atomic E-state index is 12.7. The number of fused-ring (bicyclic) bond motifs is 5. The number of carbonyl (C=O) groups excluding carboxylic acids is 3. The van der Waals surface area contributed by atoms with Gasteiger partial charge in [-0.1, -0.05) is 31.6 Å². The summed E-state index contributed by atoms with van der Waals surface area (Å²) >= 11 is 0. The second kappa shape index (κ2) is 10.3. The number of phenolic OH excluding ortho intramolecular Hbond substituents is 1. The lowest BCUT2D eigenvalue weighted by Gasteiger charge is -2.57. The van der Waals surface area contributed by atoms with Crippen molar-refractivity contribution < 1.29 is 24.2 Å². The molecule has 6 heteroatoms. The minimum Gasteiger partial charge on any atom is -0.508 e. The van der Waals surface area contributed by atoms with Crippen LogP contribution < -0.4 is 5.32 Å². The van der Waals surface area contributed by atoms with Crippen molar-refractivity contribution >= 4 is 17.7 Å². The van der Waals surface area contributed by atoms with Gasteiger partial charge in [-0.2, -0.15) is 0 Å². The van der Waals surface area contributed by atoms with E-state index < -0.39 is 0 Å². The monoisotopic (exact) mass is 507 g/mol. The molecule has 0 aromatic heterocycles. The van der Waals surface area contributed by atoms with Crippen LogP contribution in [0.4, 0.5) is 0 Å². The minimum atomic E-state index is -0.269. The first-order valence-corrected chi connectivity index (χ1v) is 14.2. The number of rotatable bonds is 7. The molecule has 2 N–H and O–H groups in total. The van der Waals surface area contributed by atoms with Crippen LogP contribution in [0, 0.1) is 28.6 Å². The maximum atomic E-state index is 12.7. The van der Waals surface area contributed by atoms with Gasteiger partial charge >= 0.3 is 5.97 Å². The molecule has 0 radical (unpaired) electrons. The van der Waals surface area contributed by atoms with Gasteiger partial charge in [-0.25, -0.2) is 0 Å². The summed E-state index contributed by atoms with van der Waals surface area (Å²) in [5, 5.41) is 12.2. The molecule has 1 amide bonds. The molecule has 4 aliphatic carbocycles. The number of hydrogen-bond acceptors (Lipinski definition) is 5. The molecule has 0 aliphatic heterocycles. The second-order valence-electron chi connectivity index (χ2n) is 12.3. The number of esters is 1. The highest BCUT2D eigenvalue weighted by molar-refractivity contribution is 5.91. The molecule has 1 aromatic carbocycles. The Morgan fingerprint density at radius 1 is 1.00 bits per heavy atom. The highest BCUT2D eigenvalue weighted by atomic mass is 16.5. The Labute approximate surface area is 220 Å². The zero-order valence-corrected chi connectivity index (χ0v) is 22.3. The summed E-state index contributed by atoms with van der Waals surface area (Å²) < 4.78 is 6.05. The lowest BCUT2D eigenvalue weighted by atomic mass is 9.47. The number of ether oxygens (including phenoxy) is 1. The Morgan fingerprint density at radius 2 is 1.78 bits per heavy atom. The molecular weight excluding hydrogens is 466 g/mol. The molecule has 0 spiro atoms. The highest BCUT2D eigenvalue weighted by Gasteiger charge is 2.59. The minimum absolute atomic E-state index is 0.00523. The smallest absolute Gasteiger partial charge is 0.306 e. The van der Waals surface area contributed by atoms with E-state index >= 15 is 0 Å². The second-order valence-corrected chi connectivity index (χ2v) is 12.3. The Kier molecular flexibility index (Phi) is 7.21. The predicted octanol–water partition coefficient (Wildman–Crippen LogP) is 5.27. The number of nitrogens with one attached hydrogen (secondary N) is 1. The fourth-order valence-electron chi connectivity index (χ4n) is 8.24. The summed E-state index contributed by atoms with van der Waals surface area (Å²) in [4.78, 5) is 37.1. The van der Waals surface area contributed by atoms with Crippen molar-refractivity contribution in [1.29, 1.82) is 0 Å². The van der Waals surface area contributed by atoms with Crippen molar-refractivity contribution in [2.24, 2.45) is 28.6 Å². The van der Waals surface area contributed by atoms with Gasteiger partial charge in [0.1, 0.15) is 11.9 Å². The van der Waals surface area contributed by atoms with Gasteiger partial charge in [-0.15, -0.1) is 0 Å². The summed E-state index contributed by atoms with van der Waals surface area (Å²) in [6.07, 6.45) is 10.8. The first-order chi connectivity index (χ1) is 17.7. The SMILES string of the molecule is C[C@]12CCC(=O)C=C1CC[C@@H]1[C@@H]2CC[C@]2(C)C(OC(=O)CCC(=O)NCCc3ccc(O)cc3)CC[C@@H]12. The summed E-state index contributed by atoms with van der Waals surface area (Å²) in [7, 11) is 0. The molecule has 1 unspecified atom stereocenters. The van der Waals surface area contributed by atoms with E-state index in [2.05, 4.69) is 19.2 Å². The van der Waals surface area contributed by atoms with Crippen molar-refractivity contribution in [2.75, 3.05) is 6.54 Å². The van der Waals surface area contributed by atoms with Crippen LogP contribution >= 0.6 is 0 Å².